The van der Waals surface area contributed by atoms with Gasteiger partial charge in [0.25, 0.3) is 0 Å². The van der Waals surface area contributed by atoms with Crippen LogP contribution in [0.2, 0.25) is 0 Å². The quantitative estimate of drug-likeness (QED) is 0.576. The average molecular weight is 333 g/mol. The number of hydrogen-bond donors (Lipinski definition) is 1. The number of unbranched alkanes of at least 4 members (excludes halogenated alkanes) is 1. The van der Waals surface area contributed by atoms with Gasteiger partial charge in [-0.1, -0.05) is 13.3 Å². The van der Waals surface area contributed by atoms with Crippen LogP contribution < -0.4 is 0 Å². The van der Waals surface area contributed by atoms with Gasteiger partial charge < -0.3 is 9.84 Å². The van der Waals surface area contributed by atoms with E-state index in [1.54, 1.807) is 23.9 Å². The maximum Gasteiger partial charge on any atom is 0.336 e. The summed E-state index contributed by atoms with van der Waals surface area (Å²) in [6, 6.07) is 5.36. The molecule has 0 spiro atoms. The van der Waals surface area contributed by atoms with Gasteiger partial charge in [-0.05, 0) is 40.5 Å². The Kier molecular flexibility index (Phi) is 7.39. The van der Waals surface area contributed by atoms with E-state index in [2.05, 4.69) is 22.9 Å². The second kappa shape index (κ2) is 8.56. The molecule has 100 valence electrons. The van der Waals surface area contributed by atoms with E-state index in [0.717, 1.165) is 30.1 Å². The number of carboxylic acid groups (broad SMARTS) is 1. The molecular formula is C13H17BrO3S. The molecule has 0 aromatic heterocycles. The number of carboxylic acids is 1. The van der Waals surface area contributed by atoms with Crippen LogP contribution in [0.5, 0.6) is 0 Å². The Morgan fingerprint density at radius 3 is 2.89 bits per heavy atom. The standard InChI is InChI=1S/C13H17BrO3S/c1-2-3-6-17-7-8-18-10-4-5-12(14)11(9-10)13(15)16/h4-5,9H,2-3,6-8H2,1H3,(H,15,16). The monoisotopic (exact) mass is 332 g/mol. The molecule has 0 saturated heterocycles. The summed E-state index contributed by atoms with van der Waals surface area (Å²) in [7, 11) is 0. The Balaban J connectivity index is 2.38. The van der Waals surface area contributed by atoms with E-state index in [1.165, 1.54) is 0 Å². The largest absolute Gasteiger partial charge is 0.478 e. The van der Waals surface area contributed by atoms with E-state index >= 15 is 0 Å². The molecule has 1 N–H and O–H groups in total. The summed E-state index contributed by atoms with van der Waals surface area (Å²) in [5, 5.41) is 8.99. The van der Waals surface area contributed by atoms with E-state index in [-0.39, 0.29) is 0 Å². The van der Waals surface area contributed by atoms with Crippen LogP contribution in [-0.2, 0) is 4.74 Å². The van der Waals surface area contributed by atoms with Crippen LogP contribution in [0.25, 0.3) is 0 Å². The molecule has 1 aromatic carbocycles. The van der Waals surface area contributed by atoms with Crippen molar-refractivity contribution in [3.05, 3.63) is 28.2 Å². The lowest BCUT2D eigenvalue weighted by atomic mass is 10.2. The van der Waals surface area contributed by atoms with Crippen LogP contribution in [-0.4, -0.2) is 30.0 Å². The number of aromatic carboxylic acids is 1. The molecule has 0 saturated carbocycles. The van der Waals surface area contributed by atoms with E-state index in [9.17, 15) is 4.79 Å². The normalized spacial score (nSPS) is 10.6. The van der Waals surface area contributed by atoms with Gasteiger partial charge in [0.05, 0.1) is 12.2 Å². The minimum Gasteiger partial charge on any atom is -0.478 e. The molecule has 0 amide bonds. The van der Waals surface area contributed by atoms with Gasteiger partial charge in [-0.25, -0.2) is 4.79 Å². The Labute approximate surface area is 120 Å². The number of thioether (sulfide) groups is 1. The van der Waals surface area contributed by atoms with Gasteiger partial charge in [0.2, 0.25) is 0 Å². The second-order valence-corrected chi connectivity index (χ2v) is 5.78. The summed E-state index contributed by atoms with van der Waals surface area (Å²) < 4.78 is 6.06. The van der Waals surface area contributed by atoms with Crippen molar-refractivity contribution in [3.8, 4) is 0 Å². The summed E-state index contributed by atoms with van der Waals surface area (Å²) >= 11 is 4.84. The fourth-order valence-electron chi connectivity index (χ4n) is 1.32. The predicted octanol–water partition coefficient (Wildman–Crippen LogP) is 4.06. The minimum atomic E-state index is -0.913. The van der Waals surface area contributed by atoms with Gasteiger partial charge in [0.15, 0.2) is 0 Å². The maximum atomic E-state index is 11.0. The van der Waals surface area contributed by atoms with Gasteiger partial charge in [-0.2, -0.15) is 0 Å². The van der Waals surface area contributed by atoms with E-state index < -0.39 is 5.97 Å². The van der Waals surface area contributed by atoms with Crippen LogP contribution in [0.1, 0.15) is 30.1 Å². The number of hydrogen-bond acceptors (Lipinski definition) is 3. The first-order valence-corrected chi connectivity index (χ1v) is 7.66. The molecule has 0 fully saturated rings. The molecule has 0 aliphatic carbocycles. The molecule has 18 heavy (non-hydrogen) atoms. The number of rotatable bonds is 8. The smallest absolute Gasteiger partial charge is 0.336 e. The molecule has 0 heterocycles. The molecule has 0 atom stereocenters. The second-order valence-electron chi connectivity index (χ2n) is 3.76. The topological polar surface area (TPSA) is 46.5 Å². The molecule has 1 rings (SSSR count). The average Bonchev–Trinajstić information content (AvgIpc) is 2.35. The van der Waals surface area contributed by atoms with Gasteiger partial charge in [0.1, 0.15) is 0 Å². The first-order valence-electron chi connectivity index (χ1n) is 5.88. The fourth-order valence-corrected chi connectivity index (χ4v) is 2.54. The molecule has 0 aliphatic heterocycles. The fraction of sp³-hybridized carbons (Fsp3) is 0.462. The highest BCUT2D eigenvalue weighted by Gasteiger charge is 2.08. The highest BCUT2D eigenvalue weighted by Crippen LogP contribution is 2.24. The number of carbonyl (C=O) groups is 1. The lowest BCUT2D eigenvalue weighted by molar-refractivity contribution is 0.0695. The van der Waals surface area contributed by atoms with Crippen molar-refractivity contribution in [3.63, 3.8) is 0 Å². The molecule has 3 nitrogen and oxygen atoms in total. The van der Waals surface area contributed by atoms with Crippen LogP contribution >= 0.6 is 27.7 Å². The zero-order chi connectivity index (χ0) is 13.4. The van der Waals surface area contributed by atoms with Crippen LogP contribution in [0.3, 0.4) is 0 Å². The molecule has 0 bridgehead atoms. The van der Waals surface area contributed by atoms with Crippen molar-refractivity contribution in [1.82, 2.24) is 0 Å². The van der Waals surface area contributed by atoms with Gasteiger partial charge in [0, 0.05) is 21.7 Å². The number of benzene rings is 1. The van der Waals surface area contributed by atoms with Crippen molar-refractivity contribution >= 4 is 33.7 Å². The Hall–Kier alpha value is -0.520. The van der Waals surface area contributed by atoms with E-state index in [0.29, 0.717) is 16.6 Å². The van der Waals surface area contributed by atoms with Crippen molar-refractivity contribution < 1.29 is 14.6 Å². The zero-order valence-electron chi connectivity index (χ0n) is 10.3. The summed E-state index contributed by atoms with van der Waals surface area (Å²) in [6.07, 6.45) is 2.23. The van der Waals surface area contributed by atoms with Crippen LogP contribution in [0.4, 0.5) is 0 Å². The van der Waals surface area contributed by atoms with Gasteiger partial charge >= 0.3 is 5.97 Å². The Bertz CT molecular complexity index is 396. The lowest BCUT2D eigenvalue weighted by Gasteiger charge is -2.05. The Morgan fingerprint density at radius 2 is 2.22 bits per heavy atom. The molecule has 0 radical (unpaired) electrons. The van der Waals surface area contributed by atoms with E-state index in [4.69, 9.17) is 9.84 Å². The van der Waals surface area contributed by atoms with Crippen molar-refractivity contribution in [2.75, 3.05) is 19.0 Å². The molecule has 1 aromatic rings. The lowest BCUT2D eigenvalue weighted by Crippen LogP contribution is -2.00. The summed E-state index contributed by atoms with van der Waals surface area (Å²) in [5.74, 6) is -0.0757. The minimum absolute atomic E-state index is 0.298. The van der Waals surface area contributed by atoms with Crippen LogP contribution in [0.15, 0.2) is 27.6 Å². The zero-order valence-corrected chi connectivity index (χ0v) is 12.7. The highest BCUT2D eigenvalue weighted by molar-refractivity contribution is 9.10. The third-order valence-corrected chi connectivity index (χ3v) is 3.96. The predicted molar refractivity (Wildman–Crippen MR) is 77.6 cm³/mol. The van der Waals surface area contributed by atoms with Gasteiger partial charge in [-0.3, -0.25) is 0 Å². The summed E-state index contributed by atoms with van der Waals surface area (Å²) in [4.78, 5) is 11.9. The molecule has 0 unspecified atom stereocenters. The van der Waals surface area contributed by atoms with Gasteiger partial charge in [-0.15, -0.1) is 11.8 Å². The summed E-state index contributed by atoms with van der Waals surface area (Å²) in [6.45, 7) is 3.63. The van der Waals surface area contributed by atoms with Crippen molar-refractivity contribution in [2.24, 2.45) is 0 Å². The molecular weight excluding hydrogens is 316 g/mol. The van der Waals surface area contributed by atoms with Crippen molar-refractivity contribution in [1.29, 1.82) is 0 Å². The summed E-state index contributed by atoms with van der Waals surface area (Å²) in [5.41, 5.74) is 0.298. The number of ether oxygens (including phenoxy) is 1. The molecule has 5 heteroatoms. The third kappa shape index (κ3) is 5.42. The van der Waals surface area contributed by atoms with Crippen LogP contribution in [0, 0.1) is 0 Å². The third-order valence-electron chi connectivity index (χ3n) is 2.31. The first-order chi connectivity index (χ1) is 8.65. The first kappa shape index (κ1) is 15.5. The van der Waals surface area contributed by atoms with E-state index in [1.807, 2.05) is 6.07 Å². The van der Waals surface area contributed by atoms with Crippen molar-refractivity contribution in [2.45, 2.75) is 24.7 Å². The highest BCUT2D eigenvalue weighted by atomic mass is 79.9. The Morgan fingerprint density at radius 1 is 1.44 bits per heavy atom. The number of halogens is 1. The maximum absolute atomic E-state index is 11.0. The molecule has 0 aliphatic rings. The SMILES string of the molecule is CCCCOCCSc1ccc(Br)c(C(=O)O)c1.